The third-order valence-electron chi connectivity index (χ3n) is 8.51. The number of hydrogen-bond acceptors (Lipinski definition) is 6. The maximum absolute atomic E-state index is 13.7. The second kappa shape index (κ2) is 11.4. The van der Waals surface area contributed by atoms with Gasteiger partial charge in [0.25, 0.3) is 0 Å². The zero-order valence-corrected chi connectivity index (χ0v) is 24.9. The van der Waals surface area contributed by atoms with E-state index >= 15 is 0 Å². The second-order valence-electron chi connectivity index (χ2n) is 12.1. The summed E-state index contributed by atoms with van der Waals surface area (Å²) in [6.45, 7) is 14.2. The van der Waals surface area contributed by atoms with Crippen molar-refractivity contribution in [2.75, 3.05) is 6.61 Å². The predicted molar refractivity (Wildman–Crippen MR) is 152 cm³/mol. The van der Waals surface area contributed by atoms with Crippen LogP contribution in [0.25, 0.3) is 0 Å². The smallest absolute Gasteiger partial charge is 0.308 e. The lowest BCUT2D eigenvalue weighted by Gasteiger charge is -2.32. The molecular formula is C31H42O7S. The van der Waals surface area contributed by atoms with Crippen LogP contribution in [0.15, 0.2) is 24.3 Å². The molecule has 3 rings (SSSR count). The number of aliphatic hydroxyl groups is 1. The Hall–Kier alpha value is -2.71. The van der Waals surface area contributed by atoms with E-state index in [1.165, 1.54) is 11.3 Å². The Kier molecular flexibility index (Phi) is 9.02. The Morgan fingerprint density at radius 3 is 2.10 bits per heavy atom. The summed E-state index contributed by atoms with van der Waals surface area (Å²) in [4.78, 5) is 38.6. The molecule has 1 heterocycles. The van der Waals surface area contributed by atoms with Gasteiger partial charge in [-0.15, -0.1) is 11.3 Å². The summed E-state index contributed by atoms with van der Waals surface area (Å²) in [7, 11) is 0. The first kappa shape index (κ1) is 30.8. The number of aliphatic carboxylic acids is 2. The minimum absolute atomic E-state index is 0.201. The standard InChI is InChI=1S/C31H42O7S/c1-8-30(9-2,20-10-11-22(18(3)14-20)38-17-23(32)29(5,6)7)24-15-19(4)26(39-24)27(35)31(12-13-31)21(28(36)37)16-25(33)34/h10-11,14-15,21,23,32H,8-9,12-13,16-17H2,1-7H3,(H,33,34)(H,36,37). The van der Waals surface area contributed by atoms with Crippen molar-refractivity contribution in [2.45, 2.75) is 92.1 Å². The van der Waals surface area contributed by atoms with Crippen LogP contribution in [0, 0.1) is 30.6 Å². The molecule has 1 saturated carbocycles. The summed E-state index contributed by atoms with van der Waals surface area (Å²) >= 11 is 1.41. The Balaban J connectivity index is 1.95. The zero-order chi connectivity index (χ0) is 29.3. The van der Waals surface area contributed by atoms with Gasteiger partial charge in [0.2, 0.25) is 0 Å². The van der Waals surface area contributed by atoms with E-state index in [0.29, 0.717) is 17.7 Å². The summed E-state index contributed by atoms with van der Waals surface area (Å²) in [6.07, 6.45) is 1.20. The highest BCUT2D eigenvalue weighted by molar-refractivity contribution is 7.14. The van der Waals surface area contributed by atoms with E-state index in [1.54, 1.807) is 0 Å². The number of aryl methyl sites for hydroxylation is 2. The Labute approximate surface area is 235 Å². The van der Waals surface area contributed by atoms with Crippen LogP contribution in [0.5, 0.6) is 5.75 Å². The van der Waals surface area contributed by atoms with Gasteiger partial charge in [0, 0.05) is 15.7 Å². The molecule has 2 aromatic rings. The van der Waals surface area contributed by atoms with Crippen molar-refractivity contribution < 1.29 is 34.4 Å². The fourth-order valence-electron chi connectivity index (χ4n) is 5.41. The lowest BCUT2D eigenvalue weighted by atomic mass is 9.74. The van der Waals surface area contributed by atoms with Crippen LogP contribution in [-0.4, -0.2) is 45.8 Å². The number of ether oxygens (including phenoxy) is 1. The molecule has 0 saturated heterocycles. The van der Waals surface area contributed by atoms with E-state index in [9.17, 15) is 29.7 Å². The minimum Gasteiger partial charge on any atom is -0.491 e. The van der Waals surface area contributed by atoms with E-state index in [4.69, 9.17) is 4.74 Å². The van der Waals surface area contributed by atoms with E-state index in [1.807, 2.05) is 52.8 Å². The third kappa shape index (κ3) is 6.07. The maximum Gasteiger partial charge on any atom is 0.308 e. The highest BCUT2D eigenvalue weighted by atomic mass is 32.1. The number of ketones is 1. The third-order valence-corrected chi connectivity index (χ3v) is 9.95. The van der Waals surface area contributed by atoms with Gasteiger partial charge in [0.15, 0.2) is 5.78 Å². The van der Waals surface area contributed by atoms with Crippen molar-refractivity contribution in [2.24, 2.45) is 16.7 Å². The van der Waals surface area contributed by atoms with Gasteiger partial charge in [-0.2, -0.15) is 0 Å². The van der Waals surface area contributed by atoms with Gasteiger partial charge in [-0.3, -0.25) is 14.4 Å². The molecule has 1 aromatic heterocycles. The quantitative estimate of drug-likeness (QED) is 0.243. The molecule has 1 aromatic carbocycles. The fraction of sp³-hybridized carbons (Fsp3) is 0.581. The van der Waals surface area contributed by atoms with Gasteiger partial charge >= 0.3 is 11.9 Å². The minimum atomic E-state index is -1.23. The van der Waals surface area contributed by atoms with E-state index < -0.39 is 35.8 Å². The van der Waals surface area contributed by atoms with Crippen molar-refractivity contribution in [1.82, 2.24) is 0 Å². The molecule has 0 amide bonds. The molecule has 1 aliphatic carbocycles. The molecule has 2 atom stereocenters. The summed E-state index contributed by atoms with van der Waals surface area (Å²) < 4.78 is 5.95. The van der Waals surface area contributed by atoms with Crippen molar-refractivity contribution in [1.29, 1.82) is 0 Å². The van der Waals surface area contributed by atoms with E-state index in [0.717, 1.165) is 40.2 Å². The van der Waals surface area contributed by atoms with Crippen molar-refractivity contribution >= 4 is 29.1 Å². The first-order valence-corrected chi connectivity index (χ1v) is 14.5. The molecule has 0 radical (unpaired) electrons. The van der Waals surface area contributed by atoms with Gasteiger partial charge in [-0.1, -0.05) is 46.8 Å². The van der Waals surface area contributed by atoms with Crippen LogP contribution >= 0.6 is 11.3 Å². The van der Waals surface area contributed by atoms with Crippen molar-refractivity contribution in [3.8, 4) is 5.75 Å². The molecule has 0 spiro atoms. The molecule has 2 unspecified atom stereocenters. The van der Waals surface area contributed by atoms with Gasteiger partial charge in [-0.05, 0) is 73.8 Å². The number of aliphatic hydroxyl groups excluding tert-OH is 1. The summed E-state index contributed by atoms with van der Waals surface area (Å²) in [6, 6.07) is 8.13. The lowest BCUT2D eigenvalue weighted by Crippen LogP contribution is -2.33. The van der Waals surface area contributed by atoms with Crippen LogP contribution in [0.3, 0.4) is 0 Å². The molecule has 3 N–H and O–H groups in total. The predicted octanol–water partition coefficient (Wildman–Crippen LogP) is 6.40. The molecule has 8 heteroatoms. The molecule has 1 aliphatic rings. The first-order chi connectivity index (χ1) is 18.1. The number of Topliss-reactive ketones (excluding diaryl/α,β-unsaturated/α-hetero) is 1. The molecular weight excluding hydrogens is 516 g/mol. The van der Waals surface area contributed by atoms with Crippen LogP contribution < -0.4 is 4.74 Å². The number of carboxylic acid groups (broad SMARTS) is 2. The molecule has 0 aliphatic heterocycles. The Morgan fingerprint density at radius 1 is 1.03 bits per heavy atom. The average molecular weight is 559 g/mol. The number of rotatable bonds is 13. The van der Waals surface area contributed by atoms with Crippen molar-refractivity contribution in [3.63, 3.8) is 0 Å². The van der Waals surface area contributed by atoms with Gasteiger partial charge in [-0.25, -0.2) is 0 Å². The van der Waals surface area contributed by atoms with Crippen LogP contribution in [0.2, 0.25) is 0 Å². The first-order valence-electron chi connectivity index (χ1n) is 13.6. The summed E-state index contributed by atoms with van der Waals surface area (Å²) in [5.41, 5.74) is 1.07. The average Bonchev–Trinajstić information content (AvgIpc) is 3.57. The monoisotopic (exact) mass is 558 g/mol. The number of carbonyl (C=O) groups excluding carboxylic acids is 1. The van der Waals surface area contributed by atoms with Gasteiger partial charge in [0.1, 0.15) is 12.4 Å². The maximum atomic E-state index is 13.7. The largest absolute Gasteiger partial charge is 0.491 e. The number of carboxylic acids is 2. The van der Waals surface area contributed by atoms with E-state index in [2.05, 4.69) is 19.9 Å². The van der Waals surface area contributed by atoms with Gasteiger partial charge in [0.05, 0.1) is 23.3 Å². The summed E-state index contributed by atoms with van der Waals surface area (Å²) in [5, 5.41) is 29.4. The molecule has 7 nitrogen and oxygen atoms in total. The summed E-state index contributed by atoms with van der Waals surface area (Å²) in [5.74, 6) is -3.21. The second-order valence-corrected chi connectivity index (χ2v) is 13.1. The number of thiophene rings is 1. The highest BCUT2D eigenvalue weighted by Gasteiger charge is 2.59. The van der Waals surface area contributed by atoms with Gasteiger partial charge < -0.3 is 20.1 Å². The van der Waals surface area contributed by atoms with Crippen LogP contribution in [0.1, 0.15) is 98.0 Å². The Bertz CT molecular complexity index is 1230. The number of carbonyl (C=O) groups is 3. The molecule has 214 valence electrons. The molecule has 39 heavy (non-hydrogen) atoms. The Morgan fingerprint density at radius 2 is 1.64 bits per heavy atom. The lowest BCUT2D eigenvalue weighted by molar-refractivity contribution is -0.150. The topological polar surface area (TPSA) is 121 Å². The fourth-order valence-corrected chi connectivity index (χ4v) is 6.98. The zero-order valence-electron chi connectivity index (χ0n) is 24.1. The normalized spacial score (nSPS) is 16.4. The van der Waals surface area contributed by atoms with Crippen molar-refractivity contribution in [3.05, 3.63) is 50.7 Å². The molecule has 1 fully saturated rings. The molecule has 0 bridgehead atoms. The number of benzene rings is 1. The SMILES string of the molecule is CCC(CC)(c1ccc(OCC(O)C(C)(C)C)c(C)c1)c1cc(C)c(C(=O)C2(C(CC(=O)O)C(=O)O)CC2)s1. The van der Waals surface area contributed by atoms with Crippen LogP contribution in [0.4, 0.5) is 0 Å². The van der Waals surface area contributed by atoms with Crippen LogP contribution in [-0.2, 0) is 15.0 Å². The van der Waals surface area contributed by atoms with E-state index in [-0.39, 0.29) is 23.2 Å². The highest BCUT2D eigenvalue weighted by Crippen LogP contribution is 2.57. The number of hydrogen-bond donors (Lipinski definition) is 3.